The van der Waals surface area contributed by atoms with Crippen LogP contribution in [0.3, 0.4) is 0 Å². The van der Waals surface area contributed by atoms with E-state index in [4.69, 9.17) is 5.11 Å². The second kappa shape index (κ2) is 4.44. The number of carbonyl (C=O) groups is 2. The molecule has 2 atom stereocenters. The highest BCUT2D eigenvalue weighted by Crippen LogP contribution is 2.40. The number of alkyl halides is 1. The van der Waals surface area contributed by atoms with Crippen LogP contribution in [0.1, 0.15) is 19.3 Å². The van der Waals surface area contributed by atoms with Gasteiger partial charge in [0.1, 0.15) is 0 Å². The maximum atomic E-state index is 14.7. The number of piperidine rings is 1. The molecule has 3 fully saturated rings. The van der Waals surface area contributed by atoms with Crippen molar-refractivity contribution >= 4 is 11.9 Å². The van der Waals surface area contributed by atoms with E-state index in [9.17, 15) is 14.0 Å². The fourth-order valence-corrected chi connectivity index (χ4v) is 3.57. The largest absolute Gasteiger partial charge is 0.481 e. The van der Waals surface area contributed by atoms with Crippen molar-refractivity contribution in [2.45, 2.75) is 24.9 Å². The molecule has 2 N–H and O–H groups in total. The Bertz CT molecular complexity index is 411. The number of nitrogens with one attached hydrogen (secondary N) is 1. The molecule has 6 heteroatoms. The molecular formula is C13H19FN2O3. The Kier molecular flexibility index (Phi) is 3.00. The lowest BCUT2D eigenvalue weighted by atomic mass is 9.75. The lowest BCUT2D eigenvalue weighted by molar-refractivity contribution is -0.147. The molecule has 2 heterocycles. The predicted molar refractivity (Wildman–Crippen MR) is 65.2 cm³/mol. The number of carboxylic acid groups (broad SMARTS) is 1. The maximum Gasteiger partial charge on any atom is 0.306 e. The van der Waals surface area contributed by atoms with Crippen LogP contribution in [0, 0.1) is 17.8 Å². The summed E-state index contributed by atoms with van der Waals surface area (Å²) < 4.78 is 14.7. The van der Waals surface area contributed by atoms with Crippen LogP contribution >= 0.6 is 0 Å². The Morgan fingerprint density at radius 2 is 2.26 bits per heavy atom. The number of fused-ring (bicyclic) bond motifs is 1. The Morgan fingerprint density at radius 1 is 1.53 bits per heavy atom. The lowest BCUT2D eigenvalue weighted by Crippen LogP contribution is -2.49. The molecule has 0 unspecified atom stereocenters. The molecule has 0 aromatic rings. The maximum absolute atomic E-state index is 14.7. The molecule has 0 spiro atoms. The Morgan fingerprint density at radius 3 is 2.89 bits per heavy atom. The van der Waals surface area contributed by atoms with Gasteiger partial charge in [0.05, 0.1) is 5.92 Å². The topological polar surface area (TPSA) is 69.6 Å². The Balaban J connectivity index is 1.59. The first-order valence-corrected chi connectivity index (χ1v) is 6.92. The van der Waals surface area contributed by atoms with Gasteiger partial charge < -0.3 is 15.3 Å². The van der Waals surface area contributed by atoms with Crippen molar-refractivity contribution in [2.75, 3.05) is 26.2 Å². The van der Waals surface area contributed by atoms with Gasteiger partial charge in [0, 0.05) is 32.0 Å². The van der Waals surface area contributed by atoms with E-state index in [0.29, 0.717) is 39.0 Å². The van der Waals surface area contributed by atoms with Gasteiger partial charge in [-0.1, -0.05) is 0 Å². The van der Waals surface area contributed by atoms with Gasteiger partial charge in [-0.3, -0.25) is 9.59 Å². The number of carbonyl (C=O) groups excluding carboxylic acids is 1. The highest BCUT2D eigenvalue weighted by Gasteiger charge is 2.56. The molecule has 1 aliphatic carbocycles. The molecular weight excluding hydrogens is 251 g/mol. The number of nitrogens with zero attached hydrogens (tertiary/aromatic N) is 1. The van der Waals surface area contributed by atoms with Crippen LogP contribution in [0.25, 0.3) is 0 Å². The molecule has 1 saturated carbocycles. The zero-order valence-corrected chi connectivity index (χ0v) is 10.8. The summed E-state index contributed by atoms with van der Waals surface area (Å²) in [5.41, 5.74) is -1.68. The average Bonchev–Trinajstić information content (AvgIpc) is 2.56. The molecule has 0 radical (unpaired) electrons. The number of aliphatic carboxylic acids is 1. The van der Waals surface area contributed by atoms with Gasteiger partial charge >= 0.3 is 5.97 Å². The van der Waals surface area contributed by atoms with Gasteiger partial charge in [0.15, 0.2) is 5.67 Å². The fourth-order valence-electron chi connectivity index (χ4n) is 3.57. The molecule has 0 aromatic carbocycles. The third-order valence-electron chi connectivity index (χ3n) is 4.85. The van der Waals surface area contributed by atoms with Crippen LogP contribution in [-0.4, -0.2) is 53.7 Å². The summed E-state index contributed by atoms with van der Waals surface area (Å²) in [4.78, 5) is 24.5. The quantitative estimate of drug-likeness (QED) is 0.771. The number of rotatable bonds is 3. The third-order valence-corrected chi connectivity index (χ3v) is 4.85. The van der Waals surface area contributed by atoms with Crippen molar-refractivity contribution in [3.05, 3.63) is 0 Å². The fraction of sp³-hybridized carbons (Fsp3) is 0.846. The molecule has 5 nitrogen and oxygen atoms in total. The van der Waals surface area contributed by atoms with Gasteiger partial charge in [0.2, 0.25) is 0 Å². The van der Waals surface area contributed by atoms with Crippen molar-refractivity contribution in [3.8, 4) is 0 Å². The molecule has 3 aliphatic rings. The normalized spacial score (nSPS) is 41.8. The first-order chi connectivity index (χ1) is 9.00. The summed E-state index contributed by atoms with van der Waals surface area (Å²) in [5.74, 6) is -1.43. The summed E-state index contributed by atoms with van der Waals surface area (Å²) in [6, 6.07) is 0. The Labute approximate surface area is 111 Å². The Hall–Kier alpha value is -1.17. The van der Waals surface area contributed by atoms with Gasteiger partial charge in [0.25, 0.3) is 5.91 Å². The summed E-state index contributed by atoms with van der Waals surface area (Å²) >= 11 is 0. The van der Waals surface area contributed by atoms with E-state index in [2.05, 4.69) is 5.32 Å². The number of amides is 1. The minimum Gasteiger partial charge on any atom is -0.481 e. The number of hydrogen-bond donors (Lipinski definition) is 2. The zero-order valence-electron chi connectivity index (χ0n) is 10.8. The van der Waals surface area contributed by atoms with Gasteiger partial charge in [-0.15, -0.1) is 0 Å². The van der Waals surface area contributed by atoms with Crippen LogP contribution in [0.4, 0.5) is 4.39 Å². The van der Waals surface area contributed by atoms with E-state index in [0.717, 1.165) is 0 Å². The number of likely N-dealkylation sites (tertiary alicyclic amines) is 1. The monoisotopic (exact) mass is 270 g/mol. The number of hydrogen-bond acceptors (Lipinski definition) is 3. The molecule has 19 heavy (non-hydrogen) atoms. The van der Waals surface area contributed by atoms with Crippen molar-refractivity contribution in [3.63, 3.8) is 0 Å². The standard InChI is InChI=1S/C13H19FN2O3/c14-13-1-2-15-5-10(13)7-16(12(13)19)6-8-3-9(4-8)11(17)18/h8-10,15H,1-7H2,(H,17,18)/t8?,9?,10-,13+/m0/s1. The van der Waals surface area contributed by atoms with Crippen LogP contribution in [0.15, 0.2) is 0 Å². The van der Waals surface area contributed by atoms with Crippen LogP contribution in [0.5, 0.6) is 0 Å². The van der Waals surface area contributed by atoms with E-state index in [1.165, 1.54) is 0 Å². The molecule has 2 saturated heterocycles. The minimum absolute atomic E-state index is 0.224. The van der Waals surface area contributed by atoms with E-state index in [1.807, 2.05) is 0 Å². The third kappa shape index (κ3) is 2.02. The van der Waals surface area contributed by atoms with Gasteiger partial charge in [-0.05, 0) is 25.3 Å². The summed E-state index contributed by atoms with van der Waals surface area (Å²) in [6.45, 7) is 2.10. The molecule has 3 rings (SSSR count). The SMILES string of the molecule is O=C(O)C1CC(CN2C[C@@H]3CNCC[C@]3(F)C2=O)C1. The summed E-state index contributed by atoms with van der Waals surface area (Å²) in [6.07, 6.45) is 1.48. The minimum atomic E-state index is -1.68. The molecule has 2 aliphatic heterocycles. The molecule has 0 aromatic heterocycles. The average molecular weight is 270 g/mol. The highest BCUT2D eigenvalue weighted by atomic mass is 19.1. The zero-order chi connectivity index (χ0) is 13.6. The molecule has 106 valence electrons. The van der Waals surface area contributed by atoms with E-state index < -0.39 is 11.6 Å². The lowest BCUT2D eigenvalue weighted by Gasteiger charge is -2.35. The van der Waals surface area contributed by atoms with Crippen molar-refractivity contribution in [1.82, 2.24) is 10.2 Å². The predicted octanol–water partition coefficient (Wildman–Crippen LogP) is 0.257. The second-order valence-electron chi connectivity index (χ2n) is 6.10. The second-order valence-corrected chi connectivity index (χ2v) is 6.10. The molecule has 1 amide bonds. The smallest absolute Gasteiger partial charge is 0.306 e. The van der Waals surface area contributed by atoms with Crippen LogP contribution in [0.2, 0.25) is 0 Å². The van der Waals surface area contributed by atoms with E-state index in [-0.39, 0.29) is 30.1 Å². The summed E-state index contributed by atoms with van der Waals surface area (Å²) in [7, 11) is 0. The first-order valence-electron chi connectivity index (χ1n) is 6.92. The first kappa shape index (κ1) is 12.8. The van der Waals surface area contributed by atoms with Crippen LogP contribution < -0.4 is 5.32 Å². The van der Waals surface area contributed by atoms with Gasteiger partial charge in [-0.2, -0.15) is 0 Å². The van der Waals surface area contributed by atoms with Crippen molar-refractivity contribution < 1.29 is 19.1 Å². The van der Waals surface area contributed by atoms with Crippen molar-refractivity contribution in [2.24, 2.45) is 17.8 Å². The highest BCUT2D eigenvalue weighted by molar-refractivity contribution is 5.88. The molecule has 0 bridgehead atoms. The van der Waals surface area contributed by atoms with Crippen molar-refractivity contribution in [1.29, 1.82) is 0 Å². The van der Waals surface area contributed by atoms with Crippen LogP contribution in [-0.2, 0) is 9.59 Å². The number of carboxylic acids is 1. The van der Waals surface area contributed by atoms with Gasteiger partial charge in [-0.25, -0.2) is 4.39 Å². The number of halogens is 1. The van der Waals surface area contributed by atoms with E-state index in [1.54, 1.807) is 4.90 Å². The summed E-state index contributed by atoms with van der Waals surface area (Å²) in [5, 5.41) is 12.0. The van der Waals surface area contributed by atoms with E-state index >= 15 is 0 Å².